The minimum atomic E-state index is -2.83. The van der Waals surface area contributed by atoms with Crippen LogP contribution < -0.4 is 59.8 Å². The molecule has 2 unspecified atom stereocenters. The lowest BCUT2D eigenvalue weighted by Crippen LogP contribution is -2.70. The third-order valence-electron chi connectivity index (χ3n) is 21.4. The highest BCUT2D eigenvalue weighted by molar-refractivity contribution is 5.92. The number of carboxylic acid groups (broad SMARTS) is 1. The predicted molar refractivity (Wildman–Crippen MR) is 422 cm³/mol. The van der Waals surface area contributed by atoms with Gasteiger partial charge in [-0.1, -0.05) is 212 Å². The molecule has 3 saturated heterocycles. The van der Waals surface area contributed by atoms with Gasteiger partial charge in [0.2, 0.25) is 5.75 Å². The van der Waals surface area contributed by atoms with Crippen molar-refractivity contribution in [1.29, 1.82) is 0 Å². The fourth-order valence-electron chi connectivity index (χ4n) is 14.6. The molecular weight excluding hydrogens is 1450 g/mol. The second-order valence-electron chi connectivity index (χ2n) is 30.0. The van der Waals surface area contributed by atoms with Gasteiger partial charge in [-0.2, -0.15) is 0 Å². The van der Waals surface area contributed by atoms with E-state index in [1.807, 2.05) is 0 Å². The van der Waals surface area contributed by atoms with Gasteiger partial charge < -0.3 is 129 Å². The summed E-state index contributed by atoms with van der Waals surface area (Å²) >= 11 is 0. The van der Waals surface area contributed by atoms with E-state index in [0.29, 0.717) is 71.0 Å². The van der Waals surface area contributed by atoms with E-state index < -0.39 is 141 Å². The van der Waals surface area contributed by atoms with Crippen molar-refractivity contribution in [2.45, 2.75) is 325 Å². The van der Waals surface area contributed by atoms with E-state index in [1.165, 1.54) is 150 Å². The minimum absolute atomic E-state index is 0.216. The lowest BCUT2D eigenvalue weighted by atomic mass is 9.78. The van der Waals surface area contributed by atoms with Crippen molar-refractivity contribution in [3.8, 4) is 51.7 Å². The topological polar surface area (TPSA) is 406 Å². The number of carboxylic acids is 1. The van der Waals surface area contributed by atoms with E-state index in [9.17, 15) is 50.8 Å². The summed E-state index contributed by atoms with van der Waals surface area (Å²) in [5.41, 5.74) is 16.7. The molecule has 27 heteroatoms. The molecule has 27 nitrogen and oxygen atoms in total. The second-order valence-corrected chi connectivity index (χ2v) is 30.0. The maximum absolute atomic E-state index is 14.4. The normalized spacial score (nSPS) is 24.5. The van der Waals surface area contributed by atoms with Crippen LogP contribution in [0.5, 0.6) is 51.7 Å². The molecule has 15 N–H and O–H groups in total. The fraction of sp³-hybridized carbons (Fsp3) is 0.706. The van der Waals surface area contributed by atoms with Gasteiger partial charge in [-0.25, -0.2) is 4.79 Å². The lowest BCUT2D eigenvalue weighted by molar-refractivity contribution is -0.363. The first kappa shape index (κ1) is 93.1. The smallest absolute Gasteiger partial charge is 0.336 e. The zero-order valence-corrected chi connectivity index (χ0v) is 67.3. The number of aromatic carboxylic acids is 1. The van der Waals surface area contributed by atoms with Gasteiger partial charge in [0.05, 0.1) is 84.7 Å². The summed E-state index contributed by atoms with van der Waals surface area (Å²) in [4.78, 5) is 14.4. The van der Waals surface area contributed by atoms with Crippen LogP contribution in [0.1, 0.15) is 246 Å². The number of ether oxygens (including phenoxy) is 14. The largest absolute Gasteiger partial charge is 0.493 e. The number of rotatable bonds is 57. The van der Waals surface area contributed by atoms with Gasteiger partial charge in [0, 0.05) is 5.56 Å². The van der Waals surface area contributed by atoms with Crippen LogP contribution in [-0.2, 0) is 49.1 Å². The average molecular weight is 1580 g/mol. The van der Waals surface area contributed by atoms with Gasteiger partial charge in [-0.3, -0.25) is 0 Å². The monoisotopic (exact) mass is 1580 g/mol. The Morgan fingerprint density at radius 2 is 0.768 bits per heavy atom. The third-order valence-corrected chi connectivity index (χ3v) is 21.4. The highest BCUT2D eigenvalue weighted by atomic mass is 16.7. The molecular formula is C85H135N3O24. The van der Waals surface area contributed by atoms with Crippen molar-refractivity contribution < 1.29 is 117 Å². The van der Waals surface area contributed by atoms with Crippen LogP contribution in [0.25, 0.3) is 0 Å². The number of benzene rings is 4. The third kappa shape index (κ3) is 27.3. The summed E-state index contributed by atoms with van der Waals surface area (Å²) in [6.07, 6.45) is 15.2. The number of methoxy groups -OCH3 is 3. The molecule has 112 heavy (non-hydrogen) atoms. The highest BCUT2D eigenvalue weighted by Gasteiger charge is 2.59. The molecule has 3 aliphatic heterocycles. The summed E-state index contributed by atoms with van der Waals surface area (Å²) in [6, 6.07) is 12.0. The van der Waals surface area contributed by atoms with Crippen molar-refractivity contribution in [2.24, 2.45) is 17.2 Å². The quantitative estimate of drug-likeness (QED) is 0.0183. The number of carbonyl (C=O) groups is 1. The van der Waals surface area contributed by atoms with Crippen molar-refractivity contribution in [3.63, 3.8) is 0 Å². The van der Waals surface area contributed by atoms with Gasteiger partial charge in [0.15, 0.2) is 70.5 Å². The van der Waals surface area contributed by atoms with E-state index in [4.69, 9.17) is 83.5 Å². The molecule has 7 rings (SSSR count). The van der Waals surface area contributed by atoms with Gasteiger partial charge >= 0.3 is 5.97 Å². The van der Waals surface area contributed by atoms with Crippen molar-refractivity contribution in [1.82, 2.24) is 0 Å². The zero-order valence-electron chi connectivity index (χ0n) is 67.3. The van der Waals surface area contributed by atoms with Gasteiger partial charge in [-0.05, 0) is 78.4 Å². The van der Waals surface area contributed by atoms with E-state index in [0.717, 1.165) is 70.3 Å². The van der Waals surface area contributed by atoms with Gasteiger partial charge in [-0.15, -0.1) is 0 Å². The number of hydrogen-bond acceptors (Lipinski definition) is 26. The molecule has 4 aromatic rings. The Morgan fingerprint density at radius 3 is 1.15 bits per heavy atom. The molecule has 4 aromatic carbocycles. The van der Waals surface area contributed by atoms with Crippen LogP contribution in [0.2, 0.25) is 0 Å². The first-order chi connectivity index (χ1) is 54.4. The molecule has 0 spiro atoms. The highest BCUT2D eigenvalue weighted by Crippen LogP contribution is 2.53. The summed E-state index contributed by atoms with van der Waals surface area (Å²) in [7, 11) is 4.54. The van der Waals surface area contributed by atoms with Crippen LogP contribution in [0, 0.1) is 0 Å². The molecule has 3 heterocycles. The van der Waals surface area contributed by atoms with Crippen molar-refractivity contribution >= 4 is 5.97 Å². The van der Waals surface area contributed by atoms with Gasteiger partial charge in [0.1, 0.15) is 68.7 Å². The minimum Gasteiger partial charge on any atom is -0.493 e. The van der Waals surface area contributed by atoms with Crippen LogP contribution >= 0.6 is 0 Å². The van der Waals surface area contributed by atoms with Crippen LogP contribution in [0.3, 0.4) is 0 Å². The van der Waals surface area contributed by atoms with E-state index in [2.05, 4.69) is 20.8 Å². The van der Waals surface area contributed by atoms with E-state index in [1.54, 1.807) is 54.6 Å². The maximum atomic E-state index is 14.4. The van der Waals surface area contributed by atoms with E-state index in [-0.39, 0.29) is 24.7 Å². The summed E-state index contributed by atoms with van der Waals surface area (Å²) in [6.45, 7) is 4.04. The number of aliphatic hydroxyl groups excluding tert-OH is 8. The molecule has 0 saturated carbocycles. The molecule has 0 aliphatic carbocycles. The number of hydrogen-bond donors (Lipinski definition) is 12. The first-order valence-corrected chi connectivity index (χ1v) is 41.4. The average Bonchev–Trinajstić information content (AvgIpc) is 0.721. The summed E-state index contributed by atoms with van der Waals surface area (Å²) in [5.74, 6) is -0.0170. The SMILES string of the molecule is CCCCCCCCCCCCOc1ccc(COc2cc(C(=O)O)c([C@]3(CO)O[C@H](OC4[C@@H](CO)O[C@@H](OC5[C@@H](CO)O[C@@H](O)[C@H](N)[C@H]5O)[C@H](N)[C@H]4O)[C@H](N)[C@@H](O)[C@@H]3O)c(OCc3ccc(OCCCCCCCCCCCC)c(OC)c3)c2OCc2ccc(OCCCCCCCCCCCC)c(OC)c2)cc1OC. The van der Waals surface area contributed by atoms with Crippen molar-refractivity contribution in [3.05, 3.63) is 88.5 Å². The molecule has 0 radical (unpaired) electrons. The fourth-order valence-corrected chi connectivity index (χ4v) is 14.6. The molecule has 0 amide bonds. The summed E-state index contributed by atoms with van der Waals surface area (Å²) < 4.78 is 87.4. The zero-order chi connectivity index (χ0) is 80.8. The Bertz CT molecular complexity index is 3300. The Balaban J connectivity index is 1.27. The van der Waals surface area contributed by atoms with Crippen LogP contribution in [0.4, 0.5) is 0 Å². The lowest BCUT2D eigenvalue weighted by Gasteiger charge is -2.51. The Hall–Kier alpha value is -6.09. The number of nitrogens with two attached hydrogens (primary N) is 3. The van der Waals surface area contributed by atoms with Crippen LogP contribution in [0.15, 0.2) is 60.7 Å². The Morgan fingerprint density at radius 1 is 0.411 bits per heavy atom. The standard InChI is InChI=1S/C85H135N3O24/c1-7-10-13-16-19-22-25-28-31-34-43-102-60-40-37-56(46-63(60)99-4)52-105-66-49-59(81(96)97)69(85(55-91)80(95)75(94)72(88)84(112-85)111-77-68(51-90)109-83(71(87)74(77)93)110-76-67(50-89)108-82(98)70(86)73(76)92)79(107-54-58-39-42-62(65(48-58)101-6)104-45-36-33-30-27-24-21-18-15-12-9-3)78(66)106-53-57-38-41-61(64(47-57)100-5)103-44-35-32-29-26-23-20-17-14-11-8-2/h37-42,46-49,67-68,70-77,80,82-84,89-95,98H,7-36,43-45,50-55,86-88H2,1-6H3,(H,96,97)/t67-,68-,70-,71-,72-,73-,74-,75-,76?,77?,80+,82-,83+,84+,85+/m1/s1. The maximum Gasteiger partial charge on any atom is 0.336 e. The predicted octanol–water partition coefficient (Wildman–Crippen LogP) is 11.2. The molecule has 634 valence electrons. The first-order valence-electron chi connectivity index (χ1n) is 41.4. The second kappa shape index (κ2) is 50.4. The Labute approximate surface area is 663 Å². The molecule has 3 fully saturated rings. The van der Waals surface area contributed by atoms with Crippen LogP contribution in [-0.4, -0.2) is 199 Å². The number of aliphatic hydroxyl groups is 8. The van der Waals surface area contributed by atoms with E-state index >= 15 is 0 Å². The van der Waals surface area contributed by atoms with Gasteiger partial charge in [0.25, 0.3) is 0 Å². The molecule has 3 aliphatic rings. The van der Waals surface area contributed by atoms with Crippen molar-refractivity contribution in [2.75, 3.05) is 61.0 Å². The molecule has 15 atom stereocenters. The number of unbranched alkanes of at least 4 members (excludes halogenated alkanes) is 27. The Kier molecular flexibility index (Phi) is 41.9. The molecule has 0 aromatic heterocycles. The molecule has 0 bridgehead atoms. The summed E-state index contributed by atoms with van der Waals surface area (Å²) in [5, 5.41) is 103.